The summed E-state index contributed by atoms with van der Waals surface area (Å²) in [7, 11) is 0. The summed E-state index contributed by atoms with van der Waals surface area (Å²) in [5, 5.41) is 15.3. The molecule has 8 heteroatoms. The fraction of sp³-hybridized carbons (Fsp3) is 0.238. The summed E-state index contributed by atoms with van der Waals surface area (Å²) in [5.74, 6) is 2.31. The van der Waals surface area contributed by atoms with Gasteiger partial charge in [-0.15, -0.1) is 12.3 Å². The average Bonchev–Trinajstić information content (AvgIpc) is 3.11. The molecule has 1 amide bonds. The van der Waals surface area contributed by atoms with Crippen LogP contribution in [0.1, 0.15) is 29.6 Å². The first kappa shape index (κ1) is 18.6. The monoisotopic (exact) mass is 390 g/mol. The Balaban J connectivity index is 1.55. The highest BCUT2D eigenvalue weighted by Crippen LogP contribution is 2.36. The molecule has 2 aromatic heterocycles. The molecule has 1 aliphatic rings. The fourth-order valence-corrected chi connectivity index (χ4v) is 3.17. The summed E-state index contributed by atoms with van der Waals surface area (Å²) in [6.07, 6.45) is 12.2. The molecule has 1 N–H and O–H groups in total. The van der Waals surface area contributed by atoms with Gasteiger partial charge in [0.05, 0.1) is 6.20 Å². The molecule has 0 radical (unpaired) electrons. The van der Waals surface area contributed by atoms with Gasteiger partial charge >= 0.3 is 0 Å². The van der Waals surface area contributed by atoms with Gasteiger partial charge in [0, 0.05) is 38.2 Å². The van der Waals surface area contributed by atoms with E-state index in [1.807, 2.05) is 12.1 Å². The zero-order valence-electron chi connectivity index (χ0n) is 15.6. The van der Waals surface area contributed by atoms with Crippen LogP contribution >= 0.6 is 0 Å². The Kier molecular flexibility index (Phi) is 4.96. The van der Waals surface area contributed by atoms with Crippen molar-refractivity contribution in [2.24, 2.45) is 10.2 Å². The van der Waals surface area contributed by atoms with E-state index in [2.05, 4.69) is 26.6 Å². The summed E-state index contributed by atoms with van der Waals surface area (Å²) in [6.45, 7) is 0.395. The van der Waals surface area contributed by atoms with Crippen LogP contribution in [0.15, 0.2) is 65.2 Å². The molecule has 0 spiro atoms. The minimum Gasteiger partial charge on any atom is -0.352 e. The number of amides is 1. The van der Waals surface area contributed by atoms with Crippen molar-refractivity contribution in [2.75, 3.05) is 6.54 Å². The van der Waals surface area contributed by atoms with Crippen LogP contribution in [0.4, 0.5) is 4.39 Å². The fourth-order valence-electron chi connectivity index (χ4n) is 3.17. The lowest BCUT2D eigenvalue weighted by Crippen LogP contribution is -2.29. The second-order valence-corrected chi connectivity index (χ2v) is 6.73. The Morgan fingerprint density at radius 2 is 1.93 bits per heavy atom. The van der Waals surface area contributed by atoms with Gasteiger partial charge < -0.3 is 9.88 Å². The standard InChI is InChI=1S/C21H19FN6O/c1-2-3-10-21(25-26-21)11-12-23-19(29)16-15-24-28(18-9-5-4-8-17(18)22)20(16)27-13-6-7-14-27/h1,4-9,13-15H,3,10-12H2,(H,23,29). The van der Waals surface area contributed by atoms with Crippen molar-refractivity contribution in [3.05, 3.63) is 66.4 Å². The SMILES string of the molecule is C#CCCC1(CCNC(=O)c2cnn(-c3ccccc3F)c2-n2cccc2)N=N1. The maximum Gasteiger partial charge on any atom is 0.256 e. The molecule has 0 fully saturated rings. The second kappa shape index (κ2) is 7.72. The first-order chi connectivity index (χ1) is 14.1. The summed E-state index contributed by atoms with van der Waals surface area (Å²) in [4.78, 5) is 12.8. The third kappa shape index (κ3) is 3.80. The molecule has 0 saturated heterocycles. The van der Waals surface area contributed by atoms with Gasteiger partial charge in [0.25, 0.3) is 5.91 Å². The first-order valence-corrected chi connectivity index (χ1v) is 9.25. The number of nitrogens with one attached hydrogen (secondary N) is 1. The Hall–Kier alpha value is -3.73. The van der Waals surface area contributed by atoms with Crippen molar-refractivity contribution in [1.29, 1.82) is 0 Å². The molecule has 1 aliphatic heterocycles. The lowest BCUT2D eigenvalue weighted by molar-refractivity contribution is 0.0952. The average molecular weight is 390 g/mol. The van der Waals surface area contributed by atoms with E-state index in [0.717, 1.165) is 0 Å². The predicted molar refractivity (Wildman–Crippen MR) is 105 cm³/mol. The van der Waals surface area contributed by atoms with Gasteiger partial charge in [-0.3, -0.25) is 4.79 Å². The van der Waals surface area contributed by atoms with Crippen molar-refractivity contribution < 1.29 is 9.18 Å². The van der Waals surface area contributed by atoms with Crippen molar-refractivity contribution in [3.8, 4) is 23.8 Å². The normalized spacial score (nSPS) is 13.8. The maximum absolute atomic E-state index is 14.3. The topological polar surface area (TPSA) is 76.6 Å². The van der Waals surface area contributed by atoms with E-state index in [0.29, 0.717) is 37.2 Å². The minimum atomic E-state index is -0.458. The number of carbonyl (C=O) groups is 1. The Morgan fingerprint density at radius 1 is 1.17 bits per heavy atom. The van der Waals surface area contributed by atoms with Crippen LogP contribution in [0.25, 0.3) is 11.5 Å². The number of hydrogen-bond acceptors (Lipinski definition) is 4. The van der Waals surface area contributed by atoms with Gasteiger partial charge in [0.1, 0.15) is 17.1 Å². The number of hydrogen-bond donors (Lipinski definition) is 1. The Labute approximate surface area is 167 Å². The largest absolute Gasteiger partial charge is 0.352 e. The van der Waals surface area contributed by atoms with Gasteiger partial charge in [-0.05, 0) is 24.3 Å². The number of rotatable bonds is 8. The molecule has 29 heavy (non-hydrogen) atoms. The zero-order valence-corrected chi connectivity index (χ0v) is 15.6. The van der Waals surface area contributed by atoms with E-state index < -0.39 is 11.5 Å². The van der Waals surface area contributed by atoms with Gasteiger partial charge in [-0.2, -0.15) is 15.3 Å². The van der Waals surface area contributed by atoms with Crippen molar-refractivity contribution in [1.82, 2.24) is 19.7 Å². The van der Waals surface area contributed by atoms with Gasteiger partial charge in [-0.1, -0.05) is 12.1 Å². The predicted octanol–water partition coefficient (Wildman–Crippen LogP) is 3.50. The number of benzene rings is 1. The van der Waals surface area contributed by atoms with Crippen LogP contribution in [0, 0.1) is 18.2 Å². The van der Waals surface area contributed by atoms with Crippen LogP contribution in [-0.2, 0) is 0 Å². The first-order valence-electron chi connectivity index (χ1n) is 9.25. The summed E-state index contributed by atoms with van der Waals surface area (Å²) < 4.78 is 17.5. The minimum absolute atomic E-state index is 0.263. The highest BCUT2D eigenvalue weighted by Gasteiger charge is 2.38. The molecular formula is C21H19FN6O. The van der Waals surface area contributed by atoms with E-state index in [-0.39, 0.29) is 11.6 Å². The van der Waals surface area contributed by atoms with Gasteiger partial charge in [-0.25, -0.2) is 9.07 Å². The summed E-state index contributed by atoms with van der Waals surface area (Å²) >= 11 is 0. The summed E-state index contributed by atoms with van der Waals surface area (Å²) in [6, 6.07) is 9.95. The second-order valence-electron chi connectivity index (χ2n) is 6.73. The molecule has 7 nitrogen and oxygen atoms in total. The molecule has 146 valence electrons. The molecular weight excluding hydrogens is 371 g/mol. The van der Waals surface area contributed by atoms with Crippen molar-refractivity contribution in [2.45, 2.75) is 24.9 Å². The lowest BCUT2D eigenvalue weighted by atomic mass is 10.0. The van der Waals surface area contributed by atoms with E-state index >= 15 is 0 Å². The molecule has 4 rings (SSSR count). The number of nitrogens with zero attached hydrogens (tertiary/aromatic N) is 5. The van der Waals surface area contributed by atoms with Crippen LogP contribution < -0.4 is 5.32 Å². The molecule has 0 saturated carbocycles. The number of halogens is 1. The molecule has 0 atom stereocenters. The zero-order chi connectivity index (χ0) is 20.3. The maximum atomic E-state index is 14.3. The Bertz CT molecular complexity index is 1090. The highest BCUT2D eigenvalue weighted by molar-refractivity contribution is 5.97. The van der Waals surface area contributed by atoms with Gasteiger partial charge in [0.15, 0.2) is 11.5 Å². The molecule has 0 bridgehead atoms. The van der Waals surface area contributed by atoms with Crippen molar-refractivity contribution >= 4 is 5.91 Å². The quantitative estimate of drug-likeness (QED) is 0.598. The number of terminal acetylenes is 1. The number of para-hydroxylation sites is 1. The lowest BCUT2D eigenvalue weighted by Gasteiger charge is -2.12. The highest BCUT2D eigenvalue weighted by atomic mass is 19.1. The van der Waals surface area contributed by atoms with Crippen molar-refractivity contribution in [3.63, 3.8) is 0 Å². The van der Waals surface area contributed by atoms with Crippen LogP contribution in [0.2, 0.25) is 0 Å². The van der Waals surface area contributed by atoms with Crippen LogP contribution in [-0.4, -0.2) is 32.5 Å². The Morgan fingerprint density at radius 3 is 2.62 bits per heavy atom. The van der Waals surface area contributed by atoms with E-state index in [9.17, 15) is 9.18 Å². The van der Waals surface area contributed by atoms with Crippen LogP contribution in [0.3, 0.4) is 0 Å². The van der Waals surface area contributed by atoms with E-state index in [1.165, 1.54) is 16.9 Å². The third-order valence-corrected chi connectivity index (χ3v) is 4.78. The van der Waals surface area contributed by atoms with Gasteiger partial charge in [0.2, 0.25) is 0 Å². The smallest absolute Gasteiger partial charge is 0.256 e. The summed E-state index contributed by atoms with van der Waals surface area (Å²) in [5.41, 5.74) is 0.145. The molecule has 3 aromatic rings. The molecule has 0 aliphatic carbocycles. The molecule has 3 heterocycles. The van der Waals surface area contributed by atoms with E-state index in [1.54, 1.807) is 35.2 Å². The van der Waals surface area contributed by atoms with Crippen LogP contribution in [0.5, 0.6) is 0 Å². The molecule has 1 aromatic carbocycles. The number of carbonyl (C=O) groups excluding carboxylic acids is 1. The number of aromatic nitrogens is 3. The van der Waals surface area contributed by atoms with E-state index in [4.69, 9.17) is 6.42 Å². The molecule has 0 unspecified atom stereocenters. The third-order valence-electron chi connectivity index (χ3n) is 4.78.